The molecule has 0 fully saturated rings. The van der Waals surface area contributed by atoms with Crippen LogP contribution in [-0.2, 0) is 4.79 Å². The SMILES string of the molecule is Cc1sc2ncnc(SCC(=O)Nc3ccc(Cl)cn3)c2c1C. The van der Waals surface area contributed by atoms with Crippen molar-refractivity contribution in [3.05, 3.63) is 40.1 Å². The summed E-state index contributed by atoms with van der Waals surface area (Å²) in [5.41, 5.74) is 1.17. The molecular formula is C15H13ClN4OS2. The van der Waals surface area contributed by atoms with Crippen molar-refractivity contribution in [2.24, 2.45) is 0 Å². The van der Waals surface area contributed by atoms with Gasteiger partial charge in [-0.05, 0) is 31.5 Å². The first-order chi connectivity index (χ1) is 11.0. The number of nitrogens with one attached hydrogen (secondary N) is 1. The predicted octanol–water partition coefficient (Wildman–Crippen LogP) is 4.09. The molecule has 0 spiro atoms. The van der Waals surface area contributed by atoms with Crippen molar-refractivity contribution in [1.82, 2.24) is 15.0 Å². The van der Waals surface area contributed by atoms with Crippen LogP contribution in [0.15, 0.2) is 29.7 Å². The number of rotatable bonds is 4. The molecule has 0 bridgehead atoms. The lowest BCUT2D eigenvalue weighted by Gasteiger charge is -2.05. The summed E-state index contributed by atoms with van der Waals surface area (Å²) in [6.07, 6.45) is 3.04. The molecule has 1 amide bonds. The number of hydrogen-bond donors (Lipinski definition) is 1. The average Bonchev–Trinajstić information content (AvgIpc) is 2.83. The molecule has 5 nitrogen and oxygen atoms in total. The smallest absolute Gasteiger partial charge is 0.235 e. The van der Waals surface area contributed by atoms with E-state index < -0.39 is 0 Å². The van der Waals surface area contributed by atoms with Crippen LogP contribution in [0.4, 0.5) is 5.82 Å². The Morgan fingerprint density at radius 2 is 2.13 bits per heavy atom. The maximum Gasteiger partial charge on any atom is 0.235 e. The maximum atomic E-state index is 12.1. The zero-order valence-corrected chi connectivity index (χ0v) is 14.8. The quantitative estimate of drug-likeness (QED) is 0.558. The molecule has 118 valence electrons. The molecule has 0 aliphatic carbocycles. The zero-order chi connectivity index (χ0) is 16.4. The summed E-state index contributed by atoms with van der Waals surface area (Å²) in [6.45, 7) is 4.12. The molecule has 0 saturated carbocycles. The maximum absolute atomic E-state index is 12.1. The van der Waals surface area contributed by atoms with E-state index in [1.807, 2.05) is 0 Å². The number of amides is 1. The van der Waals surface area contributed by atoms with E-state index in [1.54, 1.807) is 29.8 Å². The number of anilines is 1. The Kier molecular flexibility index (Phi) is 4.79. The Balaban J connectivity index is 1.71. The van der Waals surface area contributed by atoms with Crippen LogP contribution >= 0.6 is 34.7 Å². The number of pyridine rings is 1. The molecular weight excluding hydrogens is 352 g/mol. The van der Waals surface area contributed by atoms with E-state index in [2.05, 4.69) is 34.1 Å². The van der Waals surface area contributed by atoms with Crippen LogP contribution in [0.25, 0.3) is 10.2 Å². The molecule has 23 heavy (non-hydrogen) atoms. The molecule has 0 saturated heterocycles. The number of aromatic nitrogens is 3. The van der Waals surface area contributed by atoms with E-state index in [4.69, 9.17) is 11.6 Å². The number of carbonyl (C=O) groups is 1. The van der Waals surface area contributed by atoms with Crippen molar-refractivity contribution < 1.29 is 4.79 Å². The number of hydrogen-bond acceptors (Lipinski definition) is 6. The lowest BCUT2D eigenvalue weighted by Crippen LogP contribution is -2.15. The first-order valence-corrected chi connectivity index (χ1v) is 8.97. The normalized spacial score (nSPS) is 10.9. The van der Waals surface area contributed by atoms with E-state index in [0.29, 0.717) is 10.8 Å². The van der Waals surface area contributed by atoms with Crippen molar-refractivity contribution in [1.29, 1.82) is 0 Å². The van der Waals surface area contributed by atoms with Crippen molar-refractivity contribution in [2.45, 2.75) is 18.9 Å². The summed E-state index contributed by atoms with van der Waals surface area (Å²) in [5, 5.41) is 5.14. The fraction of sp³-hybridized carbons (Fsp3) is 0.200. The minimum absolute atomic E-state index is 0.138. The third-order valence-electron chi connectivity index (χ3n) is 3.27. The molecule has 0 aliphatic rings. The van der Waals surface area contributed by atoms with Crippen molar-refractivity contribution in [3.8, 4) is 0 Å². The summed E-state index contributed by atoms with van der Waals surface area (Å²) in [5.74, 6) is 0.599. The molecule has 0 aromatic carbocycles. The van der Waals surface area contributed by atoms with Gasteiger partial charge in [-0.3, -0.25) is 4.79 Å². The van der Waals surface area contributed by atoms with E-state index >= 15 is 0 Å². The number of aryl methyl sites for hydroxylation is 2. The summed E-state index contributed by atoms with van der Waals surface area (Å²) in [6, 6.07) is 3.35. The molecule has 3 aromatic rings. The number of nitrogens with zero attached hydrogens (tertiary/aromatic N) is 3. The van der Waals surface area contributed by atoms with Gasteiger partial charge in [-0.1, -0.05) is 23.4 Å². The predicted molar refractivity (Wildman–Crippen MR) is 95.5 cm³/mol. The lowest BCUT2D eigenvalue weighted by molar-refractivity contribution is -0.113. The molecule has 3 heterocycles. The second kappa shape index (κ2) is 6.82. The molecule has 0 radical (unpaired) electrons. The van der Waals surface area contributed by atoms with E-state index in [-0.39, 0.29) is 11.7 Å². The van der Waals surface area contributed by atoms with Crippen LogP contribution in [0.3, 0.4) is 0 Å². The van der Waals surface area contributed by atoms with E-state index in [1.165, 1.54) is 28.4 Å². The van der Waals surface area contributed by atoms with Crippen LogP contribution in [0.5, 0.6) is 0 Å². The minimum atomic E-state index is -0.138. The first-order valence-electron chi connectivity index (χ1n) is 6.79. The minimum Gasteiger partial charge on any atom is -0.310 e. The van der Waals surface area contributed by atoms with Gasteiger partial charge >= 0.3 is 0 Å². The van der Waals surface area contributed by atoms with Gasteiger partial charge in [0, 0.05) is 16.5 Å². The number of halogens is 1. The summed E-state index contributed by atoms with van der Waals surface area (Å²) >= 11 is 8.81. The van der Waals surface area contributed by atoms with Gasteiger partial charge in [-0.15, -0.1) is 11.3 Å². The van der Waals surface area contributed by atoms with Gasteiger partial charge in [0.2, 0.25) is 5.91 Å². The Labute approximate surface area is 146 Å². The van der Waals surface area contributed by atoms with Gasteiger partial charge in [0.25, 0.3) is 0 Å². The van der Waals surface area contributed by atoms with Crippen molar-refractivity contribution >= 4 is 56.6 Å². The fourth-order valence-electron chi connectivity index (χ4n) is 2.02. The monoisotopic (exact) mass is 364 g/mol. The second-order valence-corrected chi connectivity index (χ2v) is 7.44. The molecule has 1 N–H and O–H groups in total. The molecule has 0 atom stereocenters. The molecule has 3 aromatic heterocycles. The van der Waals surface area contributed by atoms with E-state index in [0.717, 1.165) is 15.2 Å². The lowest BCUT2D eigenvalue weighted by atomic mass is 10.2. The van der Waals surface area contributed by atoms with Crippen LogP contribution in [0.1, 0.15) is 10.4 Å². The van der Waals surface area contributed by atoms with Crippen molar-refractivity contribution in [3.63, 3.8) is 0 Å². The third-order valence-corrected chi connectivity index (χ3v) is 5.59. The standard InChI is InChI=1S/C15H13ClN4OS2/c1-8-9(2)23-15-13(8)14(18-7-19-15)22-6-12(21)20-11-4-3-10(16)5-17-11/h3-5,7H,6H2,1-2H3,(H,17,20,21). The fourth-order valence-corrected chi connectivity index (χ4v) is 4.05. The number of thiophene rings is 1. The van der Waals surface area contributed by atoms with Gasteiger partial charge in [-0.25, -0.2) is 15.0 Å². The third kappa shape index (κ3) is 3.63. The highest BCUT2D eigenvalue weighted by Crippen LogP contribution is 2.34. The van der Waals surface area contributed by atoms with Gasteiger partial charge in [0.1, 0.15) is 22.0 Å². The highest BCUT2D eigenvalue weighted by molar-refractivity contribution is 8.00. The molecule has 0 aliphatic heterocycles. The Morgan fingerprint density at radius 1 is 1.30 bits per heavy atom. The highest BCUT2D eigenvalue weighted by atomic mass is 35.5. The zero-order valence-electron chi connectivity index (χ0n) is 12.5. The van der Waals surface area contributed by atoms with Gasteiger partial charge in [0.15, 0.2) is 0 Å². The van der Waals surface area contributed by atoms with Crippen LogP contribution in [0, 0.1) is 13.8 Å². The Bertz CT molecular complexity index is 864. The average molecular weight is 365 g/mol. The Hall–Kier alpha value is -1.70. The van der Waals surface area contributed by atoms with Gasteiger partial charge in [0.05, 0.1) is 10.8 Å². The van der Waals surface area contributed by atoms with Crippen molar-refractivity contribution in [2.75, 3.05) is 11.1 Å². The number of carbonyl (C=O) groups excluding carboxylic acids is 1. The summed E-state index contributed by atoms with van der Waals surface area (Å²) in [7, 11) is 0. The van der Waals surface area contributed by atoms with Crippen LogP contribution in [0.2, 0.25) is 5.02 Å². The molecule has 0 unspecified atom stereocenters. The number of thioether (sulfide) groups is 1. The second-order valence-electron chi connectivity index (χ2n) is 4.84. The summed E-state index contributed by atoms with van der Waals surface area (Å²) < 4.78 is 0. The Morgan fingerprint density at radius 3 is 2.87 bits per heavy atom. The molecule has 3 rings (SSSR count). The van der Waals surface area contributed by atoms with Crippen LogP contribution in [-0.4, -0.2) is 26.6 Å². The van der Waals surface area contributed by atoms with Gasteiger partial charge in [-0.2, -0.15) is 0 Å². The molecule has 8 heteroatoms. The topological polar surface area (TPSA) is 67.8 Å². The highest BCUT2D eigenvalue weighted by Gasteiger charge is 2.13. The van der Waals surface area contributed by atoms with Gasteiger partial charge < -0.3 is 5.32 Å². The largest absolute Gasteiger partial charge is 0.310 e. The number of fused-ring (bicyclic) bond motifs is 1. The van der Waals surface area contributed by atoms with E-state index in [9.17, 15) is 4.79 Å². The summed E-state index contributed by atoms with van der Waals surface area (Å²) in [4.78, 5) is 26.9. The van der Waals surface area contributed by atoms with Crippen LogP contribution < -0.4 is 5.32 Å². The first kappa shape index (κ1) is 16.2.